The van der Waals surface area contributed by atoms with Gasteiger partial charge in [-0.1, -0.05) is 12.1 Å². The Kier molecular flexibility index (Phi) is 3.11. The van der Waals surface area contributed by atoms with Gasteiger partial charge in [0.15, 0.2) is 5.82 Å². The van der Waals surface area contributed by atoms with E-state index in [-0.39, 0.29) is 0 Å². The van der Waals surface area contributed by atoms with E-state index in [4.69, 9.17) is 10.7 Å². The zero-order valence-electron chi connectivity index (χ0n) is 11.5. The summed E-state index contributed by atoms with van der Waals surface area (Å²) in [6, 6.07) is 8.52. The van der Waals surface area contributed by atoms with Crippen LogP contribution in [0, 0.1) is 12.8 Å². The first kappa shape index (κ1) is 12.4. The summed E-state index contributed by atoms with van der Waals surface area (Å²) >= 11 is 0. The van der Waals surface area contributed by atoms with Crippen molar-refractivity contribution in [1.29, 1.82) is 0 Å². The van der Waals surface area contributed by atoms with E-state index in [1.807, 2.05) is 31.2 Å². The molecule has 4 nitrogen and oxygen atoms in total. The summed E-state index contributed by atoms with van der Waals surface area (Å²) in [6.45, 7) is 6.02. The van der Waals surface area contributed by atoms with Crippen molar-refractivity contribution in [3.05, 3.63) is 30.0 Å². The second kappa shape index (κ2) is 4.78. The average Bonchev–Trinajstić information content (AvgIpc) is 2.79. The highest BCUT2D eigenvalue weighted by molar-refractivity contribution is 5.76. The number of rotatable bonds is 2. The van der Waals surface area contributed by atoms with Gasteiger partial charge in [0.1, 0.15) is 0 Å². The third-order valence-corrected chi connectivity index (χ3v) is 3.99. The molecule has 2 unspecified atom stereocenters. The van der Waals surface area contributed by atoms with E-state index in [9.17, 15) is 0 Å². The monoisotopic (exact) mass is 256 g/mol. The second-order valence-corrected chi connectivity index (χ2v) is 5.46. The van der Waals surface area contributed by atoms with Crippen molar-refractivity contribution in [1.82, 2.24) is 9.97 Å². The molecule has 0 bridgehead atoms. The van der Waals surface area contributed by atoms with E-state index >= 15 is 0 Å². The number of hydrogen-bond donors (Lipinski definition) is 1. The molecule has 3 rings (SSSR count). The molecule has 1 aliphatic heterocycles. The van der Waals surface area contributed by atoms with Crippen molar-refractivity contribution >= 4 is 16.9 Å². The molecule has 1 aromatic carbocycles. The van der Waals surface area contributed by atoms with Gasteiger partial charge in [0.05, 0.1) is 16.7 Å². The zero-order valence-corrected chi connectivity index (χ0v) is 11.5. The van der Waals surface area contributed by atoms with E-state index in [0.29, 0.717) is 12.0 Å². The van der Waals surface area contributed by atoms with Gasteiger partial charge in [0.2, 0.25) is 0 Å². The molecular formula is C15H20N4. The minimum atomic E-state index is 0.489. The molecule has 1 aliphatic rings. The van der Waals surface area contributed by atoms with Crippen LogP contribution < -0.4 is 10.6 Å². The van der Waals surface area contributed by atoms with Gasteiger partial charge in [0.25, 0.3) is 0 Å². The van der Waals surface area contributed by atoms with Crippen LogP contribution in [0.3, 0.4) is 0 Å². The predicted octanol–water partition coefficient (Wildman–Crippen LogP) is 2.11. The smallest absolute Gasteiger partial charge is 0.151 e. The van der Waals surface area contributed by atoms with Gasteiger partial charge in [-0.3, -0.25) is 0 Å². The molecule has 0 spiro atoms. The first-order valence-corrected chi connectivity index (χ1v) is 6.89. The van der Waals surface area contributed by atoms with Crippen LogP contribution in [0.1, 0.15) is 19.0 Å². The number of para-hydroxylation sites is 2. The molecule has 0 aliphatic carbocycles. The van der Waals surface area contributed by atoms with Gasteiger partial charge < -0.3 is 10.6 Å². The molecule has 100 valence electrons. The van der Waals surface area contributed by atoms with Crippen LogP contribution >= 0.6 is 0 Å². The lowest BCUT2D eigenvalue weighted by Gasteiger charge is -2.24. The first-order chi connectivity index (χ1) is 9.19. The molecule has 0 radical (unpaired) electrons. The number of benzene rings is 1. The van der Waals surface area contributed by atoms with Crippen LogP contribution in [0.4, 0.5) is 5.82 Å². The SMILES string of the molecule is Cc1nc2ccccc2nc1N1CC(CN)CC1C. The molecule has 2 heterocycles. The standard InChI is InChI=1S/C15H20N4/c1-10-7-12(8-16)9-19(10)15-11(2)17-13-5-3-4-6-14(13)18-15/h3-6,10,12H,7-9,16H2,1-2H3. The van der Waals surface area contributed by atoms with Gasteiger partial charge in [-0.05, 0) is 44.9 Å². The fourth-order valence-corrected chi connectivity index (χ4v) is 2.96. The molecule has 19 heavy (non-hydrogen) atoms. The lowest BCUT2D eigenvalue weighted by molar-refractivity contribution is 0.579. The third-order valence-electron chi connectivity index (χ3n) is 3.99. The predicted molar refractivity (Wildman–Crippen MR) is 78.2 cm³/mol. The zero-order chi connectivity index (χ0) is 13.4. The van der Waals surface area contributed by atoms with Crippen LogP contribution in [-0.4, -0.2) is 29.1 Å². The van der Waals surface area contributed by atoms with E-state index in [1.165, 1.54) is 0 Å². The number of nitrogens with zero attached hydrogens (tertiary/aromatic N) is 3. The van der Waals surface area contributed by atoms with E-state index in [2.05, 4.69) is 16.8 Å². The Bertz CT molecular complexity index is 596. The number of aryl methyl sites for hydroxylation is 1. The van der Waals surface area contributed by atoms with E-state index < -0.39 is 0 Å². The normalized spacial score (nSPS) is 23.2. The molecule has 0 saturated carbocycles. The molecule has 1 fully saturated rings. The maximum absolute atomic E-state index is 5.80. The summed E-state index contributed by atoms with van der Waals surface area (Å²) in [5, 5.41) is 0. The fourth-order valence-electron chi connectivity index (χ4n) is 2.96. The van der Waals surface area contributed by atoms with Crippen molar-refractivity contribution in [2.24, 2.45) is 11.7 Å². The second-order valence-electron chi connectivity index (χ2n) is 5.46. The minimum absolute atomic E-state index is 0.489. The van der Waals surface area contributed by atoms with E-state index in [0.717, 1.165) is 42.1 Å². The summed E-state index contributed by atoms with van der Waals surface area (Å²) in [7, 11) is 0. The Morgan fingerprint density at radius 1 is 1.26 bits per heavy atom. The molecule has 0 amide bonds. The van der Waals surface area contributed by atoms with Gasteiger partial charge in [-0.2, -0.15) is 0 Å². The van der Waals surface area contributed by atoms with Crippen molar-refractivity contribution < 1.29 is 0 Å². The van der Waals surface area contributed by atoms with Crippen LogP contribution in [0.2, 0.25) is 0 Å². The van der Waals surface area contributed by atoms with E-state index in [1.54, 1.807) is 0 Å². The fraction of sp³-hybridized carbons (Fsp3) is 0.467. The van der Waals surface area contributed by atoms with Crippen LogP contribution in [0.5, 0.6) is 0 Å². The Morgan fingerprint density at radius 3 is 2.58 bits per heavy atom. The Balaban J connectivity index is 2.02. The summed E-state index contributed by atoms with van der Waals surface area (Å²) < 4.78 is 0. The van der Waals surface area contributed by atoms with Gasteiger partial charge in [-0.15, -0.1) is 0 Å². The van der Waals surface area contributed by atoms with Gasteiger partial charge in [0, 0.05) is 12.6 Å². The van der Waals surface area contributed by atoms with Crippen molar-refractivity contribution in [3.63, 3.8) is 0 Å². The van der Waals surface area contributed by atoms with Gasteiger partial charge >= 0.3 is 0 Å². The molecule has 2 atom stereocenters. The Morgan fingerprint density at radius 2 is 1.95 bits per heavy atom. The molecule has 1 aromatic heterocycles. The van der Waals surface area contributed by atoms with Crippen molar-refractivity contribution in [2.45, 2.75) is 26.3 Å². The molecule has 4 heteroatoms. The highest BCUT2D eigenvalue weighted by Gasteiger charge is 2.30. The highest BCUT2D eigenvalue weighted by atomic mass is 15.2. The lowest BCUT2D eigenvalue weighted by atomic mass is 10.1. The number of aromatic nitrogens is 2. The maximum Gasteiger partial charge on any atom is 0.151 e. The van der Waals surface area contributed by atoms with Crippen LogP contribution in [0.15, 0.2) is 24.3 Å². The number of anilines is 1. The molecule has 1 saturated heterocycles. The first-order valence-electron chi connectivity index (χ1n) is 6.89. The quantitative estimate of drug-likeness (QED) is 0.894. The topological polar surface area (TPSA) is 55.0 Å². The van der Waals surface area contributed by atoms with Crippen molar-refractivity contribution in [2.75, 3.05) is 18.0 Å². The van der Waals surface area contributed by atoms with Gasteiger partial charge in [-0.25, -0.2) is 9.97 Å². The number of fused-ring (bicyclic) bond motifs is 1. The third kappa shape index (κ3) is 2.16. The van der Waals surface area contributed by atoms with Crippen LogP contribution in [0.25, 0.3) is 11.0 Å². The number of nitrogens with two attached hydrogens (primary N) is 1. The van der Waals surface area contributed by atoms with Crippen LogP contribution in [-0.2, 0) is 0 Å². The molecule has 2 N–H and O–H groups in total. The highest BCUT2D eigenvalue weighted by Crippen LogP contribution is 2.29. The average molecular weight is 256 g/mol. The maximum atomic E-state index is 5.80. The number of hydrogen-bond acceptors (Lipinski definition) is 4. The summed E-state index contributed by atoms with van der Waals surface area (Å²) in [5.41, 5.74) is 8.73. The molecule has 2 aromatic rings. The summed E-state index contributed by atoms with van der Waals surface area (Å²) in [5.74, 6) is 1.59. The summed E-state index contributed by atoms with van der Waals surface area (Å²) in [4.78, 5) is 11.8. The lowest BCUT2D eigenvalue weighted by Crippen LogP contribution is -2.29. The Hall–Kier alpha value is -1.68. The Labute approximate surface area is 113 Å². The largest absolute Gasteiger partial charge is 0.352 e. The summed E-state index contributed by atoms with van der Waals surface area (Å²) in [6.07, 6.45) is 1.14. The molecular weight excluding hydrogens is 236 g/mol. The van der Waals surface area contributed by atoms with Crippen molar-refractivity contribution in [3.8, 4) is 0 Å². The minimum Gasteiger partial charge on any atom is -0.352 e.